The molecular formula is C19H30FN5O3. The molecule has 0 spiro atoms. The lowest BCUT2D eigenvalue weighted by molar-refractivity contribution is -0.114. The molecule has 0 fully saturated rings. The maximum absolute atomic E-state index is 12.9. The first-order valence-corrected chi connectivity index (χ1v) is 9.24. The quantitative estimate of drug-likeness (QED) is 0.307. The molecule has 0 aliphatic heterocycles. The number of nitrogens with zero attached hydrogens (tertiary/aromatic N) is 1. The van der Waals surface area contributed by atoms with Crippen LogP contribution in [-0.4, -0.2) is 49.7 Å². The van der Waals surface area contributed by atoms with Gasteiger partial charge in [0.25, 0.3) is 0 Å². The van der Waals surface area contributed by atoms with Crippen molar-refractivity contribution in [2.24, 2.45) is 4.99 Å². The minimum Gasteiger partial charge on any atom is -0.444 e. The molecule has 9 heteroatoms. The van der Waals surface area contributed by atoms with Crippen LogP contribution in [0.1, 0.15) is 34.1 Å². The normalized spacial score (nSPS) is 11.5. The number of benzene rings is 1. The molecule has 1 aromatic carbocycles. The van der Waals surface area contributed by atoms with Gasteiger partial charge in [0.05, 0.1) is 0 Å². The second-order valence-corrected chi connectivity index (χ2v) is 6.96. The van der Waals surface area contributed by atoms with E-state index in [1.54, 1.807) is 20.8 Å². The van der Waals surface area contributed by atoms with Crippen molar-refractivity contribution in [1.82, 2.24) is 16.0 Å². The maximum atomic E-state index is 12.9. The van der Waals surface area contributed by atoms with E-state index in [9.17, 15) is 14.0 Å². The highest BCUT2D eigenvalue weighted by Gasteiger charge is 2.15. The van der Waals surface area contributed by atoms with Crippen molar-refractivity contribution in [2.45, 2.75) is 39.7 Å². The minimum absolute atomic E-state index is 0.0805. The average Bonchev–Trinajstić information content (AvgIpc) is 2.59. The lowest BCUT2D eigenvalue weighted by atomic mass is 10.2. The summed E-state index contributed by atoms with van der Waals surface area (Å²) in [7, 11) is 0. The third-order valence-corrected chi connectivity index (χ3v) is 3.17. The number of carbonyl (C=O) groups is 2. The number of anilines is 1. The lowest BCUT2D eigenvalue weighted by Gasteiger charge is -2.19. The molecule has 0 saturated heterocycles. The first-order valence-electron chi connectivity index (χ1n) is 9.24. The fourth-order valence-corrected chi connectivity index (χ4v) is 2.03. The fraction of sp³-hybridized carbons (Fsp3) is 0.526. The zero-order valence-corrected chi connectivity index (χ0v) is 16.9. The van der Waals surface area contributed by atoms with E-state index < -0.39 is 11.7 Å². The number of carbonyl (C=O) groups excluding carboxylic acids is 2. The molecule has 1 rings (SSSR count). The number of halogens is 1. The van der Waals surface area contributed by atoms with Gasteiger partial charge in [0.15, 0.2) is 5.96 Å². The van der Waals surface area contributed by atoms with Crippen molar-refractivity contribution in [3.05, 3.63) is 30.1 Å². The van der Waals surface area contributed by atoms with E-state index in [1.165, 1.54) is 24.3 Å². The van der Waals surface area contributed by atoms with Crippen LogP contribution in [0.15, 0.2) is 29.3 Å². The summed E-state index contributed by atoms with van der Waals surface area (Å²) in [5, 5.41) is 11.4. The van der Waals surface area contributed by atoms with E-state index >= 15 is 0 Å². The molecule has 0 saturated carbocycles. The summed E-state index contributed by atoms with van der Waals surface area (Å²) >= 11 is 0. The van der Waals surface area contributed by atoms with Crippen molar-refractivity contribution in [1.29, 1.82) is 0 Å². The van der Waals surface area contributed by atoms with Gasteiger partial charge in [0.1, 0.15) is 18.0 Å². The van der Waals surface area contributed by atoms with Crippen LogP contribution in [0.3, 0.4) is 0 Å². The molecule has 0 aromatic heterocycles. The van der Waals surface area contributed by atoms with Crippen LogP contribution in [0, 0.1) is 5.82 Å². The predicted octanol–water partition coefficient (Wildman–Crippen LogP) is 2.23. The zero-order chi connectivity index (χ0) is 21.0. The molecular weight excluding hydrogens is 365 g/mol. The molecule has 4 N–H and O–H groups in total. The summed E-state index contributed by atoms with van der Waals surface area (Å²) in [6.45, 7) is 8.90. The number of hydrogen-bond donors (Lipinski definition) is 4. The van der Waals surface area contributed by atoms with Crippen molar-refractivity contribution >= 4 is 23.6 Å². The van der Waals surface area contributed by atoms with E-state index in [0.29, 0.717) is 37.7 Å². The molecule has 0 radical (unpaired) electrons. The number of hydrogen-bond acceptors (Lipinski definition) is 4. The monoisotopic (exact) mass is 395 g/mol. The first-order chi connectivity index (χ1) is 13.2. The van der Waals surface area contributed by atoms with Crippen molar-refractivity contribution in [3.63, 3.8) is 0 Å². The van der Waals surface area contributed by atoms with Crippen LogP contribution in [0.2, 0.25) is 0 Å². The van der Waals surface area contributed by atoms with Gasteiger partial charge in [0.2, 0.25) is 5.91 Å². The number of alkyl carbamates (subject to hydrolysis) is 1. The second-order valence-electron chi connectivity index (χ2n) is 6.96. The molecule has 0 aliphatic carbocycles. The van der Waals surface area contributed by atoms with E-state index in [2.05, 4.69) is 26.3 Å². The summed E-state index contributed by atoms with van der Waals surface area (Å²) in [4.78, 5) is 27.7. The van der Waals surface area contributed by atoms with E-state index in [4.69, 9.17) is 4.74 Å². The highest BCUT2D eigenvalue weighted by atomic mass is 19.1. The summed E-state index contributed by atoms with van der Waals surface area (Å²) < 4.78 is 18.0. The smallest absolute Gasteiger partial charge is 0.407 e. The van der Waals surface area contributed by atoms with E-state index in [1.807, 2.05) is 6.92 Å². The van der Waals surface area contributed by atoms with Gasteiger partial charge in [-0.05, 0) is 58.4 Å². The summed E-state index contributed by atoms with van der Waals surface area (Å²) in [5.74, 6) is -0.180. The molecule has 0 aliphatic rings. The number of nitrogens with one attached hydrogen (secondary N) is 4. The molecule has 1 aromatic rings. The Morgan fingerprint density at radius 1 is 1.07 bits per heavy atom. The van der Waals surface area contributed by atoms with Crippen LogP contribution in [0.4, 0.5) is 14.9 Å². The Kier molecular flexibility index (Phi) is 9.76. The number of ether oxygens (including phenoxy) is 1. The van der Waals surface area contributed by atoms with Crippen LogP contribution >= 0.6 is 0 Å². The van der Waals surface area contributed by atoms with Crippen LogP contribution in [-0.2, 0) is 9.53 Å². The lowest BCUT2D eigenvalue weighted by Crippen LogP contribution is -2.39. The minimum atomic E-state index is -0.526. The Balaban J connectivity index is 2.33. The van der Waals surface area contributed by atoms with Crippen LogP contribution in [0.25, 0.3) is 0 Å². The molecule has 0 atom stereocenters. The Labute approximate surface area is 165 Å². The van der Waals surface area contributed by atoms with E-state index in [-0.39, 0.29) is 18.3 Å². The van der Waals surface area contributed by atoms with Gasteiger partial charge >= 0.3 is 6.09 Å². The molecule has 28 heavy (non-hydrogen) atoms. The third kappa shape index (κ3) is 11.0. The molecule has 0 bridgehead atoms. The van der Waals surface area contributed by atoms with Crippen molar-refractivity contribution < 1.29 is 18.7 Å². The largest absolute Gasteiger partial charge is 0.444 e. The molecule has 0 unspecified atom stereocenters. The molecule has 2 amide bonds. The van der Waals surface area contributed by atoms with Crippen molar-refractivity contribution in [3.8, 4) is 0 Å². The molecule has 156 valence electrons. The van der Waals surface area contributed by atoms with Gasteiger partial charge in [-0.3, -0.25) is 4.79 Å². The number of guanidine groups is 1. The number of rotatable bonds is 8. The van der Waals surface area contributed by atoms with Gasteiger partial charge in [-0.1, -0.05) is 0 Å². The maximum Gasteiger partial charge on any atom is 0.407 e. The van der Waals surface area contributed by atoms with Crippen molar-refractivity contribution in [2.75, 3.05) is 31.5 Å². The average molecular weight is 395 g/mol. The molecule has 8 nitrogen and oxygen atoms in total. The first kappa shape index (κ1) is 23.2. The number of aliphatic imine (C=N–C) groups is 1. The van der Waals surface area contributed by atoms with Gasteiger partial charge in [-0.15, -0.1) is 0 Å². The summed E-state index contributed by atoms with van der Waals surface area (Å²) in [6.07, 6.45) is 0.205. The SMILES string of the molecule is CCNC(=NCC(=O)Nc1ccc(F)cc1)NCCCNC(=O)OC(C)(C)C. The standard InChI is InChI=1S/C19H30FN5O3/c1-5-21-17(22-11-6-12-23-18(27)28-19(2,3)4)24-13-16(26)25-15-9-7-14(20)8-10-15/h7-10H,5-6,11-13H2,1-4H3,(H,23,27)(H,25,26)(H2,21,22,24). The Hall–Kier alpha value is -2.84. The Bertz CT molecular complexity index is 657. The highest BCUT2D eigenvalue weighted by Crippen LogP contribution is 2.08. The zero-order valence-electron chi connectivity index (χ0n) is 16.9. The highest BCUT2D eigenvalue weighted by molar-refractivity contribution is 5.94. The van der Waals surface area contributed by atoms with E-state index in [0.717, 1.165) is 0 Å². The summed E-state index contributed by atoms with van der Waals surface area (Å²) in [5.41, 5.74) is -0.0189. The third-order valence-electron chi connectivity index (χ3n) is 3.17. The second kappa shape index (κ2) is 11.8. The van der Waals surface area contributed by atoms with Gasteiger partial charge < -0.3 is 26.0 Å². The topological polar surface area (TPSA) is 104 Å². The Morgan fingerprint density at radius 2 is 1.71 bits per heavy atom. The molecule has 0 heterocycles. The van der Waals surface area contributed by atoms with Gasteiger partial charge in [-0.2, -0.15) is 0 Å². The predicted molar refractivity (Wildman–Crippen MR) is 108 cm³/mol. The Morgan fingerprint density at radius 3 is 2.32 bits per heavy atom. The fourth-order valence-electron chi connectivity index (χ4n) is 2.03. The van der Waals surface area contributed by atoms with Gasteiger partial charge in [-0.25, -0.2) is 14.2 Å². The van der Waals surface area contributed by atoms with Gasteiger partial charge in [0, 0.05) is 25.3 Å². The summed E-state index contributed by atoms with van der Waals surface area (Å²) in [6, 6.07) is 5.52. The van der Waals surface area contributed by atoms with Crippen LogP contribution < -0.4 is 21.3 Å². The number of amides is 2. The van der Waals surface area contributed by atoms with Crippen LogP contribution in [0.5, 0.6) is 0 Å².